The largest absolute Gasteiger partial charge is 0.352 e. The van der Waals surface area contributed by atoms with Crippen molar-refractivity contribution in [3.63, 3.8) is 0 Å². The molecule has 1 aliphatic rings. The fraction of sp³-hybridized carbons (Fsp3) is 0.333. The molecular formula is C9H10N2O. The average molecular weight is 162 g/mol. The van der Waals surface area contributed by atoms with E-state index in [2.05, 4.69) is 10.3 Å². The van der Waals surface area contributed by atoms with Gasteiger partial charge in [0.2, 0.25) is 5.91 Å². The van der Waals surface area contributed by atoms with E-state index in [-0.39, 0.29) is 5.91 Å². The summed E-state index contributed by atoms with van der Waals surface area (Å²) in [6, 6.07) is 1.98. The van der Waals surface area contributed by atoms with E-state index in [1.807, 2.05) is 19.2 Å². The maximum Gasteiger partial charge on any atom is 0.224 e. The van der Waals surface area contributed by atoms with Crippen LogP contribution in [0.25, 0.3) is 0 Å². The molecule has 0 radical (unpaired) electrons. The van der Waals surface area contributed by atoms with Crippen LogP contribution >= 0.6 is 0 Å². The summed E-state index contributed by atoms with van der Waals surface area (Å²) in [6.07, 6.45) is 2.34. The number of aryl methyl sites for hydroxylation is 1. The molecule has 0 saturated carbocycles. The Kier molecular flexibility index (Phi) is 1.57. The Morgan fingerprint density at radius 2 is 2.33 bits per heavy atom. The van der Waals surface area contributed by atoms with Crippen LogP contribution in [0.1, 0.15) is 16.8 Å². The number of rotatable bonds is 0. The molecule has 1 aromatic heterocycles. The topological polar surface area (TPSA) is 42.0 Å². The molecular weight excluding hydrogens is 152 g/mol. The van der Waals surface area contributed by atoms with E-state index in [9.17, 15) is 4.79 Å². The van der Waals surface area contributed by atoms with Crippen molar-refractivity contribution >= 4 is 5.91 Å². The van der Waals surface area contributed by atoms with E-state index >= 15 is 0 Å². The summed E-state index contributed by atoms with van der Waals surface area (Å²) in [5, 5.41) is 2.78. The minimum Gasteiger partial charge on any atom is -0.352 e. The predicted molar refractivity (Wildman–Crippen MR) is 44.5 cm³/mol. The average Bonchev–Trinajstić information content (AvgIpc) is 2.03. The Morgan fingerprint density at radius 1 is 1.50 bits per heavy atom. The molecule has 2 rings (SSSR count). The number of pyridine rings is 1. The lowest BCUT2D eigenvalue weighted by Crippen LogP contribution is -2.30. The molecule has 1 N–H and O–H groups in total. The van der Waals surface area contributed by atoms with Crippen LogP contribution in [0.4, 0.5) is 0 Å². The second kappa shape index (κ2) is 2.59. The summed E-state index contributed by atoms with van der Waals surface area (Å²) in [7, 11) is 0. The van der Waals surface area contributed by atoms with Crippen molar-refractivity contribution in [3.8, 4) is 0 Å². The van der Waals surface area contributed by atoms with Gasteiger partial charge in [0.1, 0.15) is 0 Å². The Labute approximate surface area is 70.8 Å². The third-order valence-electron chi connectivity index (χ3n) is 2.05. The predicted octanol–water partition coefficient (Wildman–Crippen LogP) is 0.562. The second-order valence-corrected chi connectivity index (χ2v) is 3.05. The number of carbonyl (C=O) groups excluding carboxylic acids is 1. The normalized spacial score (nSPS) is 15.2. The molecule has 0 aromatic carbocycles. The third-order valence-corrected chi connectivity index (χ3v) is 2.05. The van der Waals surface area contributed by atoms with Crippen LogP contribution in [-0.4, -0.2) is 10.9 Å². The number of nitrogens with zero attached hydrogens (tertiary/aromatic N) is 1. The maximum atomic E-state index is 11.0. The summed E-state index contributed by atoms with van der Waals surface area (Å²) in [5.41, 5.74) is 3.23. The summed E-state index contributed by atoms with van der Waals surface area (Å²) in [5.74, 6) is 0.105. The van der Waals surface area contributed by atoms with Crippen molar-refractivity contribution in [2.45, 2.75) is 19.9 Å². The summed E-state index contributed by atoms with van der Waals surface area (Å²) >= 11 is 0. The fourth-order valence-corrected chi connectivity index (χ4v) is 1.40. The molecule has 0 saturated heterocycles. The van der Waals surface area contributed by atoms with E-state index in [1.165, 1.54) is 0 Å². The van der Waals surface area contributed by atoms with Crippen molar-refractivity contribution in [1.29, 1.82) is 0 Å². The Balaban J connectivity index is 2.44. The molecule has 0 bridgehead atoms. The van der Waals surface area contributed by atoms with Gasteiger partial charge in [0, 0.05) is 18.4 Å². The van der Waals surface area contributed by atoms with Crippen molar-refractivity contribution in [3.05, 3.63) is 29.1 Å². The highest BCUT2D eigenvalue weighted by molar-refractivity contribution is 5.80. The van der Waals surface area contributed by atoms with E-state index in [4.69, 9.17) is 0 Å². The van der Waals surface area contributed by atoms with Crippen molar-refractivity contribution in [2.75, 3.05) is 0 Å². The van der Waals surface area contributed by atoms with Crippen molar-refractivity contribution in [1.82, 2.24) is 10.3 Å². The molecule has 2 heterocycles. The highest BCUT2D eigenvalue weighted by Crippen LogP contribution is 2.13. The lowest BCUT2D eigenvalue weighted by atomic mass is 10.0. The van der Waals surface area contributed by atoms with Gasteiger partial charge in [-0.05, 0) is 24.1 Å². The summed E-state index contributed by atoms with van der Waals surface area (Å²) in [6.45, 7) is 2.56. The number of carbonyl (C=O) groups is 1. The molecule has 0 aliphatic carbocycles. The lowest BCUT2D eigenvalue weighted by molar-refractivity contribution is -0.121. The van der Waals surface area contributed by atoms with Gasteiger partial charge in [-0.1, -0.05) is 0 Å². The minimum absolute atomic E-state index is 0.105. The van der Waals surface area contributed by atoms with Gasteiger partial charge in [0.15, 0.2) is 0 Å². The van der Waals surface area contributed by atoms with Crippen LogP contribution in [0.2, 0.25) is 0 Å². The highest BCUT2D eigenvalue weighted by Gasteiger charge is 2.14. The Hall–Kier alpha value is -1.38. The summed E-state index contributed by atoms with van der Waals surface area (Å²) < 4.78 is 0. The minimum atomic E-state index is 0.105. The SMILES string of the molecule is Cc1cc2c(cn1)CNC(=O)C2. The summed E-state index contributed by atoms with van der Waals surface area (Å²) in [4.78, 5) is 15.2. The molecule has 0 spiro atoms. The number of nitrogens with one attached hydrogen (secondary N) is 1. The van der Waals surface area contributed by atoms with Gasteiger partial charge in [-0.25, -0.2) is 0 Å². The van der Waals surface area contributed by atoms with Gasteiger partial charge >= 0.3 is 0 Å². The van der Waals surface area contributed by atoms with E-state index < -0.39 is 0 Å². The first-order chi connectivity index (χ1) is 5.75. The van der Waals surface area contributed by atoms with Crippen molar-refractivity contribution in [2.24, 2.45) is 0 Å². The number of amides is 1. The van der Waals surface area contributed by atoms with Crippen LogP contribution < -0.4 is 5.32 Å². The van der Waals surface area contributed by atoms with Gasteiger partial charge in [0.05, 0.1) is 6.42 Å². The molecule has 0 unspecified atom stereocenters. The van der Waals surface area contributed by atoms with Crippen molar-refractivity contribution < 1.29 is 4.79 Å². The van der Waals surface area contributed by atoms with E-state index in [0.717, 1.165) is 16.8 Å². The molecule has 0 fully saturated rings. The zero-order valence-corrected chi connectivity index (χ0v) is 6.92. The molecule has 1 aromatic rings. The fourth-order valence-electron chi connectivity index (χ4n) is 1.40. The van der Waals surface area contributed by atoms with Gasteiger partial charge in [-0.15, -0.1) is 0 Å². The van der Waals surface area contributed by atoms with Gasteiger partial charge in [-0.3, -0.25) is 9.78 Å². The first-order valence-electron chi connectivity index (χ1n) is 3.97. The molecule has 3 nitrogen and oxygen atoms in total. The van der Waals surface area contributed by atoms with Crippen LogP contribution in [0.15, 0.2) is 12.3 Å². The number of hydrogen-bond donors (Lipinski definition) is 1. The maximum absolute atomic E-state index is 11.0. The van der Waals surface area contributed by atoms with Crippen LogP contribution in [-0.2, 0) is 17.8 Å². The van der Waals surface area contributed by atoms with Gasteiger partial charge in [-0.2, -0.15) is 0 Å². The molecule has 1 amide bonds. The second-order valence-electron chi connectivity index (χ2n) is 3.05. The molecule has 0 atom stereocenters. The first kappa shape index (κ1) is 7.28. The Morgan fingerprint density at radius 3 is 3.17 bits per heavy atom. The molecule has 62 valence electrons. The van der Waals surface area contributed by atoms with Gasteiger partial charge < -0.3 is 5.32 Å². The zero-order chi connectivity index (χ0) is 8.55. The molecule has 1 aliphatic heterocycles. The number of fused-ring (bicyclic) bond motifs is 1. The molecule has 3 heteroatoms. The highest BCUT2D eigenvalue weighted by atomic mass is 16.1. The van der Waals surface area contributed by atoms with Crippen LogP contribution in [0, 0.1) is 6.92 Å². The van der Waals surface area contributed by atoms with Gasteiger partial charge in [0.25, 0.3) is 0 Å². The van der Waals surface area contributed by atoms with Crippen LogP contribution in [0.3, 0.4) is 0 Å². The smallest absolute Gasteiger partial charge is 0.224 e. The molecule has 12 heavy (non-hydrogen) atoms. The van der Waals surface area contributed by atoms with E-state index in [1.54, 1.807) is 0 Å². The number of aromatic nitrogens is 1. The third kappa shape index (κ3) is 1.18. The van der Waals surface area contributed by atoms with E-state index in [0.29, 0.717) is 13.0 Å². The monoisotopic (exact) mass is 162 g/mol. The Bertz CT molecular complexity index is 333. The van der Waals surface area contributed by atoms with Crippen LogP contribution in [0.5, 0.6) is 0 Å². The zero-order valence-electron chi connectivity index (χ0n) is 6.92. The lowest BCUT2D eigenvalue weighted by Gasteiger charge is -2.15. The number of hydrogen-bond acceptors (Lipinski definition) is 2. The quantitative estimate of drug-likeness (QED) is 0.605. The first-order valence-corrected chi connectivity index (χ1v) is 3.97. The standard InChI is InChI=1S/C9H10N2O/c1-6-2-7-3-9(12)11-5-8(7)4-10-6/h2,4H,3,5H2,1H3,(H,11,12).